The third-order valence-corrected chi connectivity index (χ3v) is 5.42. The topological polar surface area (TPSA) is 111 Å². The molecule has 1 aliphatic heterocycles. The minimum Gasteiger partial charge on any atom is -0.342 e. The van der Waals surface area contributed by atoms with E-state index in [-0.39, 0.29) is 24.2 Å². The van der Waals surface area contributed by atoms with Gasteiger partial charge in [0.15, 0.2) is 11.6 Å². The van der Waals surface area contributed by atoms with Crippen LogP contribution in [0.4, 0.5) is 24.8 Å². The summed E-state index contributed by atoms with van der Waals surface area (Å²) in [6, 6.07) is 0. The lowest BCUT2D eigenvalue weighted by atomic mass is 9.92. The molecule has 166 valence electrons. The first-order valence-corrected chi connectivity index (χ1v) is 9.89. The Kier molecular flexibility index (Phi) is 6.86. The summed E-state index contributed by atoms with van der Waals surface area (Å²) >= 11 is 5.76. The number of anilines is 2. The molecule has 13 heteroatoms. The van der Waals surface area contributed by atoms with E-state index in [2.05, 4.69) is 20.8 Å². The second-order valence-electron chi connectivity index (χ2n) is 7.62. The minimum atomic E-state index is -2.94. The van der Waals surface area contributed by atoms with Crippen LogP contribution in [-0.4, -0.2) is 58.1 Å². The lowest BCUT2D eigenvalue weighted by molar-refractivity contribution is -0.154. The van der Waals surface area contributed by atoms with Crippen LogP contribution in [0.2, 0.25) is 5.28 Å². The van der Waals surface area contributed by atoms with Crippen LogP contribution in [0.1, 0.15) is 32.1 Å². The number of hydrazine groups is 1. The van der Waals surface area contributed by atoms with Gasteiger partial charge in [-0.2, -0.15) is 14.4 Å². The summed E-state index contributed by atoms with van der Waals surface area (Å²) in [5.74, 6) is -5.91. The molecule has 1 saturated carbocycles. The number of hydrogen-bond acceptors (Lipinski definition) is 7. The smallest absolute Gasteiger partial charge is 0.282 e. The maximum Gasteiger partial charge on any atom is 0.282 e. The highest BCUT2D eigenvalue weighted by Crippen LogP contribution is 2.34. The first-order valence-electron chi connectivity index (χ1n) is 9.51. The van der Waals surface area contributed by atoms with Gasteiger partial charge in [-0.25, -0.2) is 13.8 Å². The standard InChI is InChI=1S/C17H22ClF3N6O3/c18-16-22-13(12(19)14(23-16)26-7-17(20,21)8-26)24-25-15(29)11(6-27(30)9-28)5-10-3-1-2-4-10/h9-11,30H,1-8H2,(H,25,29)(H,22,23,24)/t11-/m0/s1. The first kappa shape index (κ1) is 22.3. The Morgan fingerprint density at radius 3 is 2.63 bits per heavy atom. The average molecular weight is 451 g/mol. The number of halogens is 4. The molecule has 30 heavy (non-hydrogen) atoms. The zero-order chi connectivity index (χ0) is 21.9. The van der Waals surface area contributed by atoms with E-state index in [9.17, 15) is 28.0 Å². The van der Waals surface area contributed by atoms with Crippen molar-refractivity contribution in [2.75, 3.05) is 30.0 Å². The summed E-state index contributed by atoms with van der Waals surface area (Å²) in [6.07, 6.45) is 4.64. The largest absolute Gasteiger partial charge is 0.342 e. The molecule has 1 aromatic heterocycles. The summed E-state index contributed by atoms with van der Waals surface area (Å²) < 4.78 is 40.8. The van der Waals surface area contributed by atoms with E-state index in [0.29, 0.717) is 11.5 Å². The van der Waals surface area contributed by atoms with Gasteiger partial charge in [0.25, 0.3) is 5.92 Å². The zero-order valence-corrected chi connectivity index (χ0v) is 16.7. The molecule has 2 heterocycles. The normalized spacial score (nSPS) is 19.2. The summed E-state index contributed by atoms with van der Waals surface area (Å²) in [6.45, 7) is -1.64. The van der Waals surface area contributed by atoms with Crippen LogP contribution in [0.25, 0.3) is 0 Å². The fraction of sp³-hybridized carbons (Fsp3) is 0.647. The molecule has 2 aliphatic rings. The van der Waals surface area contributed by atoms with Crippen molar-refractivity contribution in [2.24, 2.45) is 11.8 Å². The van der Waals surface area contributed by atoms with Crippen LogP contribution in [-0.2, 0) is 9.59 Å². The van der Waals surface area contributed by atoms with Gasteiger partial charge in [0.2, 0.25) is 23.4 Å². The number of amides is 2. The van der Waals surface area contributed by atoms with Crippen molar-refractivity contribution in [1.29, 1.82) is 0 Å². The molecule has 1 saturated heterocycles. The van der Waals surface area contributed by atoms with Crippen molar-refractivity contribution < 1.29 is 28.0 Å². The maximum absolute atomic E-state index is 14.6. The number of hydrogen-bond donors (Lipinski definition) is 3. The Morgan fingerprint density at radius 2 is 2.03 bits per heavy atom. The Bertz CT molecular complexity index is 788. The molecular weight excluding hydrogens is 429 g/mol. The van der Waals surface area contributed by atoms with E-state index < -0.39 is 48.3 Å². The summed E-state index contributed by atoms with van der Waals surface area (Å²) in [5.41, 5.74) is 4.59. The second kappa shape index (κ2) is 9.21. The van der Waals surface area contributed by atoms with E-state index in [0.717, 1.165) is 30.6 Å². The third-order valence-electron chi connectivity index (χ3n) is 5.25. The summed E-state index contributed by atoms with van der Waals surface area (Å²) in [4.78, 5) is 31.6. The fourth-order valence-electron chi connectivity index (χ4n) is 3.77. The second-order valence-corrected chi connectivity index (χ2v) is 7.95. The predicted molar refractivity (Wildman–Crippen MR) is 101 cm³/mol. The monoisotopic (exact) mass is 450 g/mol. The van der Waals surface area contributed by atoms with Gasteiger partial charge in [-0.3, -0.25) is 25.6 Å². The number of hydroxylamine groups is 2. The quantitative estimate of drug-likeness (QED) is 0.229. The summed E-state index contributed by atoms with van der Waals surface area (Å²) in [7, 11) is 0. The van der Waals surface area contributed by atoms with E-state index >= 15 is 0 Å². The van der Waals surface area contributed by atoms with Crippen molar-refractivity contribution in [2.45, 2.75) is 38.0 Å². The molecule has 2 amide bonds. The lowest BCUT2D eigenvalue weighted by Crippen LogP contribution is -2.57. The number of carbonyl (C=O) groups excluding carboxylic acids is 2. The van der Waals surface area contributed by atoms with Crippen molar-refractivity contribution in [1.82, 2.24) is 20.5 Å². The zero-order valence-electron chi connectivity index (χ0n) is 16.0. The third kappa shape index (κ3) is 5.42. The van der Waals surface area contributed by atoms with Crippen LogP contribution in [0.15, 0.2) is 0 Å². The van der Waals surface area contributed by atoms with Crippen LogP contribution in [0.3, 0.4) is 0 Å². The summed E-state index contributed by atoms with van der Waals surface area (Å²) in [5, 5.41) is 9.48. The number of rotatable bonds is 9. The van der Waals surface area contributed by atoms with Crippen molar-refractivity contribution in [3.8, 4) is 0 Å². The average Bonchev–Trinajstić information content (AvgIpc) is 3.18. The van der Waals surface area contributed by atoms with Crippen molar-refractivity contribution >= 4 is 35.6 Å². The Balaban J connectivity index is 1.66. The van der Waals surface area contributed by atoms with E-state index in [1.807, 2.05) is 0 Å². The molecule has 2 fully saturated rings. The van der Waals surface area contributed by atoms with E-state index in [1.54, 1.807) is 0 Å². The molecule has 1 aromatic rings. The number of aromatic nitrogens is 2. The van der Waals surface area contributed by atoms with E-state index in [1.165, 1.54) is 0 Å². The van der Waals surface area contributed by atoms with Gasteiger partial charge in [-0.05, 0) is 23.9 Å². The van der Waals surface area contributed by atoms with Gasteiger partial charge in [-0.1, -0.05) is 25.7 Å². The fourth-order valence-corrected chi connectivity index (χ4v) is 3.93. The van der Waals surface area contributed by atoms with Gasteiger partial charge >= 0.3 is 0 Å². The number of alkyl halides is 2. The molecule has 3 N–H and O–H groups in total. The molecule has 0 spiro atoms. The van der Waals surface area contributed by atoms with Gasteiger partial charge in [0.1, 0.15) is 0 Å². The van der Waals surface area contributed by atoms with E-state index in [4.69, 9.17) is 11.6 Å². The Labute approximate surface area is 175 Å². The Hall–Kier alpha value is -2.34. The highest BCUT2D eigenvalue weighted by molar-refractivity contribution is 6.28. The lowest BCUT2D eigenvalue weighted by Gasteiger charge is -2.39. The van der Waals surface area contributed by atoms with Crippen LogP contribution in [0, 0.1) is 17.7 Å². The Morgan fingerprint density at radius 1 is 1.37 bits per heavy atom. The van der Waals surface area contributed by atoms with Crippen LogP contribution < -0.4 is 15.8 Å². The van der Waals surface area contributed by atoms with Gasteiger partial charge in [0, 0.05) is 0 Å². The number of carbonyl (C=O) groups is 2. The number of nitrogens with one attached hydrogen (secondary N) is 2. The molecule has 1 atom stereocenters. The highest BCUT2D eigenvalue weighted by atomic mass is 35.5. The number of nitrogens with zero attached hydrogens (tertiary/aromatic N) is 4. The van der Waals surface area contributed by atoms with Gasteiger partial charge in [-0.15, -0.1) is 0 Å². The first-order chi connectivity index (χ1) is 14.2. The van der Waals surface area contributed by atoms with Crippen molar-refractivity contribution in [3.63, 3.8) is 0 Å². The molecule has 0 bridgehead atoms. The highest BCUT2D eigenvalue weighted by Gasteiger charge is 2.46. The molecular formula is C17H22ClF3N6O3. The molecule has 0 radical (unpaired) electrons. The molecule has 3 rings (SSSR count). The van der Waals surface area contributed by atoms with Crippen LogP contribution >= 0.6 is 11.6 Å². The van der Waals surface area contributed by atoms with Crippen molar-refractivity contribution in [3.05, 3.63) is 11.1 Å². The molecule has 0 aromatic carbocycles. The molecule has 9 nitrogen and oxygen atoms in total. The minimum absolute atomic E-state index is 0.196. The predicted octanol–water partition coefficient (Wildman–Crippen LogP) is 2.21. The SMILES string of the molecule is O=CN(O)C[C@H](CC1CCCC1)C(=O)NNc1nc(Cl)nc(N2CC(F)(F)C2)c1F. The molecule has 0 unspecified atom stereocenters. The molecule has 1 aliphatic carbocycles. The maximum atomic E-state index is 14.6. The van der Waals surface area contributed by atoms with Crippen LogP contribution in [0.5, 0.6) is 0 Å². The van der Waals surface area contributed by atoms with Gasteiger partial charge in [0.05, 0.1) is 25.6 Å². The van der Waals surface area contributed by atoms with Gasteiger partial charge < -0.3 is 4.90 Å².